The lowest BCUT2D eigenvalue weighted by molar-refractivity contribution is 0.0948. The summed E-state index contributed by atoms with van der Waals surface area (Å²) in [7, 11) is 0. The minimum atomic E-state index is -0.474. The molecule has 0 unspecified atom stereocenters. The Morgan fingerprint density at radius 1 is 1.35 bits per heavy atom. The molecular weight excluding hydrogens is 258 g/mol. The van der Waals surface area contributed by atoms with Gasteiger partial charge in [0.25, 0.3) is 5.91 Å². The zero-order valence-electron chi connectivity index (χ0n) is 11.3. The molecule has 0 atom stereocenters. The summed E-state index contributed by atoms with van der Waals surface area (Å²) in [5.74, 6) is 4.59. The Morgan fingerprint density at radius 3 is 2.75 bits per heavy atom. The van der Waals surface area contributed by atoms with Crippen molar-refractivity contribution >= 4 is 5.91 Å². The van der Waals surface area contributed by atoms with Crippen LogP contribution < -0.4 is 17.0 Å². The Balaban J connectivity index is 2.36. The van der Waals surface area contributed by atoms with Crippen LogP contribution in [0.4, 0.5) is 0 Å². The second-order valence-corrected chi connectivity index (χ2v) is 4.40. The van der Waals surface area contributed by atoms with Crippen molar-refractivity contribution in [2.45, 2.75) is 20.4 Å². The Hall–Kier alpha value is -2.54. The largest absolute Gasteiger partial charge is 0.348 e. The van der Waals surface area contributed by atoms with E-state index in [0.717, 1.165) is 5.69 Å². The van der Waals surface area contributed by atoms with E-state index < -0.39 is 5.91 Å². The number of carbonyl (C=O) groups is 1. The highest BCUT2D eigenvalue weighted by atomic mass is 16.2. The van der Waals surface area contributed by atoms with Crippen molar-refractivity contribution in [2.24, 2.45) is 5.84 Å². The predicted octanol–water partition coefficient (Wildman–Crippen LogP) is -0.0931. The minimum Gasteiger partial charge on any atom is -0.291 e. The molecule has 0 saturated heterocycles. The highest BCUT2D eigenvalue weighted by Gasteiger charge is 2.08. The van der Waals surface area contributed by atoms with Crippen LogP contribution in [-0.4, -0.2) is 20.4 Å². The van der Waals surface area contributed by atoms with Gasteiger partial charge in [0.1, 0.15) is 5.69 Å². The van der Waals surface area contributed by atoms with Gasteiger partial charge in [-0.1, -0.05) is 6.07 Å². The maximum absolute atomic E-state index is 11.9. The highest BCUT2D eigenvalue weighted by Crippen LogP contribution is 2.04. The van der Waals surface area contributed by atoms with Crippen LogP contribution in [0.5, 0.6) is 0 Å². The molecule has 2 heterocycles. The highest BCUT2D eigenvalue weighted by molar-refractivity contribution is 5.91. The molecule has 0 spiro atoms. The first-order valence-corrected chi connectivity index (χ1v) is 6.03. The van der Waals surface area contributed by atoms with Crippen molar-refractivity contribution in [1.82, 2.24) is 20.0 Å². The van der Waals surface area contributed by atoms with E-state index in [-0.39, 0.29) is 17.9 Å². The number of hydrogen-bond donors (Lipinski definition) is 2. The molecule has 2 aromatic rings. The lowest BCUT2D eigenvalue weighted by Crippen LogP contribution is -2.31. The van der Waals surface area contributed by atoms with Crippen LogP contribution in [0, 0.1) is 13.8 Å². The third kappa shape index (κ3) is 2.89. The normalized spacial score (nSPS) is 10.3. The number of pyridine rings is 1. The van der Waals surface area contributed by atoms with E-state index in [1.165, 1.54) is 4.57 Å². The average molecular weight is 273 g/mol. The molecule has 104 valence electrons. The Bertz CT molecular complexity index is 708. The van der Waals surface area contributed by atoms with E-state index in [4.69, 9.17) is 5.84 Å². The van der Waals surface area contributed by atoms with Crippen molar-refractivity contribution in [3.8, 4) is 0 Å². The van der Waals surface area contributed by atoms with E-state index in [1.54, 1.807) is 25.1 Å². The van der Waals surface area contributed by atoms with Crippen molar-refractivity contribution in [3.63, 3.8) is 0 Å². The third-order valence-corrected chi connectivity index (χ3v) is 2.84. The Kier molecular flexibility index (Phi) is 3.90. The second-order valence-electron chi connectivity index (χ2n) is 4.40. The molecule has 7 nitrogen and oxygen atoms in total. The summed E-state index contributed by atoms with van der Waals surface area (Å²) in [5, 5.41) is 0. The summed E-state index contributed by atoms with van der Waals surface area (Å²) in [6.07, 6.45) is 0. The fourth-order valence-corrected chi connectivity index (χ4v) is 1.90. The third-order valence-electron chi connectivity index (χ3n) is 2.84. The molecule has 0 radical (unpaired) electrons. The quantitative estimate of drug-likeness (QED) is 0.462. The van der Waals surface area contributed by atoms with Crippen molar-refractivity contribution < 1.29 is 4.79 Å². The van der Waals surface area contributed by atoms with Crippen LogP contribution in [0.3, 0.4) is 0 Å². The molecule has 0 saturated carbocycles. The van der Waals surface area contributed by atoms with Gasteiger partial charge in [-0.05, 0) is 32.0 Å². The van der Waals surface area contributed by atoms with Gasteiger partial charge in [0.15, 0.2) is 0 Å². The fourth-order valence-electron chi connectivity index (χ4n) is 1.90. The number of nitrogen functional groups attached to an aromatic ring is 1. The van der Waals surface area contributed by atoms with E-state index in [9.17, 15) is 9.59 Å². The van der Waals surface area contributed by atoms with Gasteiger partial charge in [0.05, 0.1) is 12.2 Å². The molecule has 1 amide bonds. The maximum Gasteiger partial charge on any atom is 0.348 e. The molecule has 2 aromatic heterocycles. The Morgan fingerprint density at radius 2 is 2.10 bits per heavy atom. The molecule has 3 N–H and O–H groups in total. The molecule has 7 heteroatoms. The predicted molar refractivity (Wildman–Crippen MR) is 73.0 cm³/mol. The number of hydrazine groups is 1. The zero-order chi connectivity index (χ0) is 14.7. The smallest absolute Gasteiger partial charge is 0.291 e. The van der Waals surface area contributed by atoms with E-state index in [2.05, 4.69) is 9.97 Å². The first kappa shape index (κ1) is 13.9. The minimum absolute atomic E-state index is 0.204. The number of nitrogens with zero attached hydrogens (tertiary/aromatic N) is 3. The van der Waals surface area contributed by atoms with Gasteiger partial charge in [-0.2, -0.15) is 4.98 Å². The molecule has 0 aliphatic heterocycles. The number of hydrogen-bond acceptors (Lipinski definition) is 5. The lowest BCUT2D eigenvalue weighted by atomic mass is 10.2. The first-order chi connectivity index (χ1) is 9.51. The number of carbonyl (C=O) groups excluding carboxylic acids is 1. The number of amides is 1. The summed E-state index contributed by atoms with van der Waals surface area (Å²) < 4.78 is 1.50. The summed E-state index contributed by atoms with van der Waals surface area (Å²) in [6.45, 7) is 3.85. The van der Waals surface area contributed by atoms with Crippen LogP contribution in [-0.2, 0) is 6.54 Å². The lowest BCUT2D eigenvalue weighted by Gasteiger charge is -2.09. The molecular formula is C13H15N5O2. The molecule has 0 aromatic carbocycles. The number of aromatic nitrogens is 3. The second kappa shape index (κ2) is 5.62. The van der Waals surface area contributed by atoms with Gasteiger partial charge in [0.2, 0.25) is 0 Å². The fraction of sp³-hybridized carbons (Fsp3) is 0.231. The van der Waals surface area contributed by atoms with Crippen molar-refractivity contribution in [2.75, 3.05) is 0 Å². The van der Waals surface area contributed by atoms with Gasteiger partial charge in [-0.15, -0.1) is 0 Å². The summed E-state index contributed by atoms with van der Waals surface area (Å²) >= 11 is 0. The number of nitrogens with two attached hydrogens (primary N) is 1. The molecule has 20 heavy (non-hydrogen) atoms. The number of rotatable bonds is 3. The molecule has 0 aliphatic carbocycles. The standard InChI is InChI=1S/C13H15N5O2/c1-8-6-9(2)18(13(20)15-8)7-10-4-3-5-11(16-10)12(19)17-14/h3-6H,7,14H2,1-2H3,(H,17,19). The molecule has 0 fully saturated rings. The van der Waals surface area contributed by atoms with Crippen LogP contribution in [0.15, 0.2) is 29.1 Å². The molecule has 2 rings (SSSR count). The van der Waals surface area contributed by atoms with Crippen molar-refractivity contribution in [1.29, 1.82) is 0 Å². The Labute approximate surface area is 115 Å². The van der Waals surface area contributed by atoms with E-state index in [1.807, 2.05) is 18.4 Å². The van der Waals surface area contributed by atoms with Gasteiger partial charge in [-0.3, -0.25) is 14.8 Å². The first-order valence-electron chi connectivity index (χ1n) is 6.03. The summed E-state index contributed by atoms with van der Waals surface area (Å²) in [6, 6.07) is 6.79. The van der Waals surface area contributed by atoms with Crippen LogP contribution in [0.25, 0.3) is 0 Å². The van der Waals surface area contributed by atoms with Crippen LogP contribution in [0.1, 0.15) is 27.6 Å². The van der Waals surface area contributed by atoms with Gasteiger partial charge >= 0.3 is 5.69 Å². The number of aryl methyl sites for hydroxylation is 2. The van der Waals surface area contributed by atoms with Gasteiger partial charge < -0.3 is 0 Å². The zero-order valence-corrected chi connectivity index (χ0v) is 11.3. The molecule has 0 bridgehead atoms. The molecule has 0 aliphatic rings. The van der Waals surface area contributed by atoms with Crippen LogP contribution in [0.2, 0.25) is 0 Å². The summed E-state index contributed by atoms with van der Waals surface area (Å²) in [5.41, 5.74) is 3.94. The van der Waals surface area contributed by atoms with E-state index >= 15 is 0 Å². The SMILES string of the molecule is Cc1cc(C)n(Cc2cccc(C(=O)NN)n2)c(=O)n1. The number of nitrogens with one attached hydrogen (secondary N) is 1. The van der Waals surface area contributed by atoms with Gasteiger partial charge in [-0.25, -0.2) is 15.6 Å². The van der Waals surface area contributed by atoms with Crippen molar-refractivity contribution in [3.05, 3.63) is 57.5 Å². The van der Waals surface area contributed by atoms with Gasteiger partial charge in [0, 0.05) is 11.4 Å². The summed E-state index contributed by atoms with van der Waals surface area (Å²) in [4.78, 5) is 31.3. The van der Waals surface area contributed by atoms with E-state index in [0.29, 0.717) is 11.4 Å². The van der Waals surface area contributed by atoms with Crippen LogP contribution >= 0.6 is 0 Å². The average Bonchev–Trinajstić information content (AvgIpc) is 2.42. The maximum atomic E-state index is 11.9. The monoisotopic (exact) mass is 273 g/mol. The topological polar surface area (TPSA) is 103 Å².